The second kappa shape index (κ2) is 10.9. The molecule has 3 rings (SSSR count). The second-order valence-electron chi connectivity index (χ2n) is 6.58. The fourth-order valence-electron chi connectivity index (χ4n) is 2.82. The van der Waals surface area contributed by atoms with Crippen LogP contribution < -0.4 is 10.6 Å². The van der Waals surface area contributed by atoms with Crippen LogP contribution in [-0.2, 0) is 16.0 Å². The van der Waals surface area contributed by atoms with E-state index < -0.39 is 0 Å². The Hall–Kier alpha value is -2.87. The number of hydrogen-bond donors (Lipinski definition) is 2. The number of oxazole rings is 1. The highest BCUT2D eigenvalue weighted by Gasteiger charge is 2.15. The number of amides is 2. The molecule has 0 unspecified atom stereocenters. The number of para-hydroxylation sites is 1. The van der Waals surface area contributed by atoms with Gasteiger partial charge in [0.2, 0.25) is 5.91 Å². The molecule has 2 N–H and O–H groups in total. The van der Waals surface area contributed by atoms with Crippen LogP contribution in [0, 0.1) is 0 Å². The van der Waals surface area contributed by atoms with Crippen LogP contribution in [0.25, 0.3) is 11.3 Å². The molecule has 31 heavy (non-hydrogen) atoms. The SMILES string of the molecule is COCCNC(=O)c1ccccc1NC(=O)CCc1ncc(-c2ccc(Cl)cc2Cl)o1. The Bertz CT molecular complexity index is 1070. The van der Waals surface area contributed by atoms with Crippen LogP contribution >= 0.6 is 23.2 Å². The molecule has 0 saturated heterocycles. The highest BCUT2D eigenvalue weighted by atomic mass is 35.5. The lowest BCUT2D eigenvalue weighted by Crippen LogP contribution is -2.28. The van der Waals surface area contributed by atoms with Crippen LogP contribution in [0.1, 0.15) is 22.7 Å². The molecule has 7 nitrogen and oxygen atoms in total. The minimum Gasteiger partial charge on any atom is -0.441 e. The van der Waals surface area contributed by atoms with Crippen LogP contribution in [0.3, 0.4) is 0 Å². The molecular weight excluding hydrogens is 441 g/mol. The Morgan fingerprint density at radius 1 is 1.16 bits per heavy atom. The minimum atomic E-state index is -0.287. The summed E-state index contributed by atoms with van der Waals surface area (Å²) in [5.41, 5.74) is 1.48. The van der Waals surface area contributed by atoms with Gasteiger partial charge in [0, 0.05) is 37.1 Å². The number of benzene rings is 2. The summed E-state index contributed by atoms with van der Waals surface area (Å²) in [5, 5.41) is 6.49. The fraction of sp³-hybridized carbons (Fsp3) is 0.227. The van der Waals surface area contributed by atoms with Gasteiger partial charge < -0.3 is 19.8 Å². The summed E-state index contributed by atoms with van der Waals surface area (Å²) in [4.78, 5) is 29.0. The zero-order valence-electron chi connectivity index (χ0n) is 16.8. The fourth-order valence-corrected chi connectivity index (χ4v) is 3.33. The number of carbonyl (C=O) groups excluding carboxylic acids is 2. The lowest BCUT2D eigenvalue weighted by atomic mass is 10.1. The standard InChI is InChI=1S/C22H21Cl2N3O4/c1-30-11-10-25-22(29)16-4-2-3-5-18(16)27-20(28)8-9-21-26-13-19(31-21)15-7-6-14(23)12-17(15)24/h2-7,12-13H,8-11H2,1H3,(H,25,29)(H,27,28). The molecular formula is C22H21Cl2N3O4. The van der Waals surface area contributed by atoms with Crippen molar-refractivity contribution in [2.45, 2.75) is 12.8 Å². The quantitative estimate of drug-likeness (QED) is 0.454. The third-order valence-electron chi connectivity index (χ3n) is 4.35. The van der Waals surface area contributed by atoms with Gasteiger partial charge in [-0.2, -0.15) is 0 Å². The number of halogens is 2. The Morgan fingerprint density at radius 2 is 1.97 bits per heavy atom. The largest absolute Gasteiger partial charge is 0.441 e. The van der Waals surface area contributed by atoms with Gasteiger partial charge in [-0.25, -0.2) is 4.98 Å². The average Bonchev–Trinajstić information content (AvgIpc) is 3.21. The number of methoxy groups -OCH3 is 1. The lowest BCUT2D eigenvalue weighted by molar-refractivity contribution is -0.116. The predicted octanol–water partition coefficient (Wildman–Crippen LogP) is 4.60. The zero-order valence-corrected chi connectivity index (χ0v) is 18.3. The van der Waals surface area contributed by atoms with E-state index >= 15 is 0 Å². The van der Waals surface area contributed by atoms with E-state index in [4.69, 9.17) is 32.4 Å². The first-order chi connectivity index (χ1) is 15.0. The van der Waals surface area contributed by atoms with E-state index in [9.17, 15) is 9.59 Å². The molecule has 0 bridgehead atoms. The van der Waals surface area contributed by atoms with E-state index in [0.29, 0.717) is 58.1 Å². The number of rotatable bonds is 9. The number of ether oxygens (including phenoxy) is 1. The molecule has 1 aromatic heterocycles. The van der Waals surface area contributed by atoms with Crippen molar-refractivity contribution < 1.29 is 18.7 Å². The van der Waals surface area contributed by atoms with Crippen LogP contribution in [0.2, 0.25) is 10.0 Å². The molecule has 0 aliphatic heterocycles. The van der Waals surface area contributed by atoms with Gasteiger partial charge >= 0.3 is 0 Å². The van der Waals surface area contributed by atoms with Crippen molar-refractivity contribution in [1.82, 2.24) is 10.3 Å². The number of hydrogen-bond acceptors (Lipinski definition) is 5. The molecule has 1 heterocycles. The summed E-state index contributed by atoms with van der Waals surface area (Å²) in [5.74, 6) is 0.350. The Kier molecular flexibility index (Phi) is 8.06. The maximum atomic E-state index is 12.4. The van der Waals surface area contributed by atoms with Crippen molar-refractivity contribution in [3.63, 3.8) is 0 Å². The highest BCUT2D eigenvalue weighted by molar-refractivity contribution is 6.36. The molecule has 0 fully saturated rings. The monoisotopic (exact) mass is 461 g/mol. The molecule has 0 radical (unpaired) electrons. The molecule has 162 valence electrons. The summed E-state index contributed by atoms with van der Waals surface area (Å²) in [7, 11) is 1.56. The first-order valence-electron chi connectivity index (χ1n) is 9.54. The summed E-state index contributed by atoms with van der Waals surface area (Å²) in [6.45, 7) is 0.779. The number of nitrogens with one attached hydrogen (secondary N) is 2. The number of anilines is 1. The van der Waals surface area contributed by atoms with Gasteiger partial charge in [-0.15, -0.1) is 0 Å². The predicted molar refractivity (Wildman–Crippen MR) is 120 cm³/mol. The average molecular weight is 462 g/mol. The van der Waals surface area contributed by atoms with Crippen molar-refractivity contribution in [2.75, 3.05) is 25.6 Å². The number of carbonyl (C=O) groups is 2. The first kappa shape index (κ1) is 22.8. The molecule has 0 saturated carbocycles. The summed E-state index contributed by atoms with van der Waals surface area (Å²) >= 11 is 12.1. The van der Waals surface area contributed by atoms with Gasteiger partial charge in [0.05, 0.1) is 29.1 Å². The smallest absolute Gasteiger partial charge is 0.253 e. The van der Waals surface area contributed by atoms with E-state index in [0.717, 1.165) is 0 Å². The van der Waals surface area contributed by atoms with E-state index in [-0.39, 0.29) is 18.2 Å². The number of nitrogens with zero attached hydrogens (tertiary/aromatic N) is 1. The molecule has 0 atom stereocenters. The number of aryl methyl sites for hydroxylation is 1. The van der Waals surface area contributed by atoms with Gasteiger partial charge in [-0.3, -0.25) is 9.59 Å². The highest BCUT2D eigenvalue weighted by Crippen LogP contribution is 2.30. The van der Waals surface area contributed by atoms with E-state index in [1.54, 1.807) is 55.8 Å². The van der Waals surface area contributed by atoms with Gasteiger partial charge in [0.25, 0.3) is 5.91 Å². The summed E-state index contributed by atoms with van der Waals surface area (Å²) in [6.07, 6.45) is 1.98. The molecule has 9 heteroatoms. The van der Waals surface area contributed by atoms with E-state index in [1.165, 1.54) is 0 Å². The van der Waals surface area contributed by atoms with Crippen molar-refractivity contribution in [1.29, 1.82) is 0 Å². The molecule has 0 aliphatic carbocycles. The Labute approximate surface area is 189 Å². The van der Waals surface area contributed by atoms with Gasteiger partial charge in [0.1, 0.15) is 0 Å². The van der Waals surface area contributed by atoms with Crippen molar-refractivity contribution >= 4 is 40.7 Å². The summed E-state index contributed by atoms with van der Waals surface area (Å²) < 4.78 is 10.6. The molecule has 2 amide bonds. The van der Waals surface area contributed by atoms with Crippen molar-refractivity contribution in [3.8, 4) is 11.3 Å². The Balaban J connectivity index is 1.59. The van der Waals surface area contributed by atoms with Crippen LogP contribution in [0.5, 0.6) is 0 Å². The lowest BCUT2D eigenvalue weighted by Gasteiger charge is -2.11. The zero-order chi connectivity index (χ0) is 22.2. The van der Waals surface area contributed by atoms with E-state index in [1.807, 2.05) is 0 Å². The Morgan fingerprint density at radius 3 is 2.74 bits per heavy atom. The summed E-state index contributed by atoms with van der Waals surface area (Å²) in [6, 6.07) is 11.9. The van der Waals surface area contributed by atoms with E-state index in [2.05, 4.69) is 15.6 Å². The second-order valence-corrected chi connectivity index (χ2v) is 7.43. The normalized spacial score (nSPS) is 10.7. The van der Waals surface area contributed by atoms with Gasteiger partial charge in [-0.05, 0) is 30.3 Å². The topological polar surface area (TPSA) is 93.5 Å². The third-order valence-corrected chi connectivity index (χ3v) is 4.90. The first-order valence-corrected chi connectivity index (χ1v) is 10.3. The molecule has 3 aromatic rings. The minimum absolute atomic E-state index is 0.133. The molecule has 0 aliphatic rings. The third kappa shape index (κ3) is 6.30. The van der Waals surface area contributed by atoms with Gasteiger partial charge in [0.15, 0.2) is 11.7 Å². The van der Waals surface area contributed by atoms with Crippen LogP contribution in [-0.4, -0.2) is 37.1 Å². The van der Waals surface area contributed by atoms with Crippen LogP contribution in [0.15, 0.2) is 53.1 Å². The van der Waals surface area contributed by atoms with Crippen molar-refractivity contribution in [2.24, 2.45) is 0 Å². The van der Waals surface area contributed by atoms with Crippen molar-refractivity contribution in [3.05, 3.63) is 70.2 Å². The maximum absolute atomic E-state index is 12.4. The van der Waals surface area contributed by atoms with Crippen LogP contribution in [0.4, 0.5) is 5.69 Å². The molecule has 0 spiro atoms. The maximum Gasteiger partial charge on any atom is 0.253 e. The molecule has 2 aromatic carbocycles. The number of aromatic nitrogens is 1. The van der Waals surface area contributed by atoms with Gasteiger partial charge in [-0.1, -0.05) is 35.3 Å².